The molecule has 9 heteroatoms. The minimum atomic E-state index is -4.78. The molecule has 0 radical (unpaired) electrons. The van der Waals surface area contributed by atoms with E-state index in [1.165, 1.54) is 17.0 Å². The van der Waals surface area contributed by atoms with E-state index in [2.05, 4.69) is 14.6 Å². The van der Waals surface area contributed by atoms with Gasteiger partial charge in [0.15, 0.2) is 0 Å². The third-order valence-electron chi connectivity index (χ3n) is 4.09. The number of aromatic nitrogens is 2. The summed E-state index contributed by atoms with van der Waals surface area (Å²) in [4.78, 5) is 12.8. The largest absolute Gasteiger partial charge is 0.470 e. The van der Waals surface area contributed by atoms with Crippen molar-refractivity contribution in [2.24, 2.45) is 0 Å². The first-order chi connectivity index (χ1) is 13.3. The van der Waals surface area contributed by atoms with Gasteiger partial charge in [0.05, 0.1) is 6.54 Å². The molecule has 5 nitrogen and oxygen atoms in total. The van der Waals surface area contributed by atoms with Crippen LogP contribution in [0.15, 0.2) is 46.9 Å². The number of hydrogen-bond donors (Lipinski definition) is 0. The molecule has 0 spiro atoms. The van der Waals surface area contributed by atoms with Crippen molar-refractivity contribution in [1.82, 2.24) is 10.2 Å². The highest BCUT2D eigenvalue weighted by molar-refractivity contribution is 5.75. The van der Waals surface area contributed by atoms with Crippen molar-refractivity contribution in [2.75, 3.05) is 4.90 Å². The summed E-state index contributed by atoms with van der Waals surface area (Å²) in [6, 6.07) is 11.0. The molecule has 0 unspecified atom stereocenters. The number of alkyl halides is 3. The lowest BCUT2D eigenvalue weighted by Crippen LogP contribution is -2.21. The van der Waals surface area contributed by atoms with Gasteiger partial charge < -0.3 is 9.32 Å². The Morgan fingerprint density at radius 3 is 2.54 bits per heavy atom. The van der Waals surface area contributed by atoms with E-state index in [1.807, 2.05) is 19.1 Å². The number of halogens is 4. The molecular formula is C19H15F4N3O2. The Morgan fingerprint density at radius 1 is 1.14 bits per heavy atom. The first-order valence-corrected chi connectivity index (χ1v) is 8.32. The number of carbonyl (C=O) groups is 1. The maximum absolute atomic E-state index is 14.5. The number of carbonyl (C=O) groups excluding carboxylic acids is 1. The predicted molar refractivity (Wildman–Crippen MR) is 92.8 cm³/mol. The molecule has 0 aliphatic rings. The van der Waals surface area contributed by atoms with E-state index in [0.29, 0.717) is 12.1 Å². The summed E-state index contributed by atoms with van der Waals surface area (Å²) in [5.74, 6) is -2.65. The third-order valence-corrected chi connectivity index (χ3v) is 4.09. The Hall–Kier alpha value is -3.23. The summed E-state index contributed by atoms with van der Waals surface area (Å²) in [5, 5.41) is 6.21. The average molecular weight is 393 g/mol. The van der Waals surface area contributed by atoms with Crippen LogP contribution >= 0.6 is 0 Å². The molecule has 0 aliphatic heterocycles. The highest BCUT2D eigenvalue weighted by Crippen LogP contribution is 2.31. The third kappa shape index (κ3) is 4.19. The minimum Gasteiger partial charge on any atom is -0.413 e. The zero-order valence-electron chi connectivity index (χ0n) is 14.7. The molecule has 1 heterocycles. The van der Waals surface area contributed by atoms with E-state index in [0.717, 1.165) is 18.1 Å². The smallest absolute Gasteiger partial charge is 0.413 e. The number of anilines is 1. The zero-order chi connectivity index (χ0) is 20.3. The van der Waals surface area contributed by atoms with Gasteiger partial charge in [-0.2, -0.15) is 13.2 Å². The molecule has 0 N–H and O–H groups in total. The molecule has 0 aliphatic carbocycles. The zero-order valence-corrected chi connectivity index (χ0v) is 14.7. The van der Waals surface area contributed by atoms with E-state index < -0.39 is 23.8 Å². The Kier molecular flexibility index (Phi) is 5.43. The number of amides is 1. The van der Waals surface area contributed by atoms with E-state index in [4.69, 9.17) is 0 Å². The van der Waals surface area contributed by atoms with Crippen molar-refractivity contribution in [2.45, 2.75) is 26.1 Å². The summed E-state index contributed by atoms with van der Waals surface area (Å²) < 4.78 is 56.7. The second kappa shape index (κ2) is 7.79. The van der Waals surface area contributed by atoms with Crippen LogP contribution in [0, 0.1) is 5.82 Å². The van der Waals surface area contributed by atoms with E-state index in [1.54, 1.807) is 12.1 Å². The second-order valence-electron chi connectivity index (χ2n) is 5.97. The topological polar surface area (TPSA) is 59.2 Å². The van der Waals surface area contributed by atoms with Gasteiger partial charge in [0.2, 0.25) is 12.3 Å². The highest BCUT2D eigenvalue weighted by Gasteiger charge is 2.38. The van der Waals surface area contributed by atoms with Gasteiger partial charge in [-0.15, -0.1) is 10.2 Å². The Labute approximate surface area is 157 Å². The van der Waals surface area contributed by atoms with Crippen LogP contribution in [0.3, 0.4) is 0 Å². The molecule has 2 aromatic carbocycles. The van der Waals surface area contributed by atoms with Gasteiger partial charge in [0, 0.05) is 16.8 Å². The molecule has 0 atom stereocenters. The lowest BCUT2D eigenvalue weighted by Gasteiger charge is -2.19. The van der Waals surface area contributed by atoms with E-state index in [9.17, 15) is 22.4 Å². The van der Waals surface area contributed by atoms with Crippen LogP contribution in [0.5, 0.6) is 0 Å². The summed E-state index contributed by atoms with van der Waals surface area (Å²) >= 11 is 0. The fourth-order valence-corrected chi connectivity index (χ4v) is 2.59. The molecule has 0 saturated heterocycles. The molecule has 0 bridgehead atoms. The fourth-order valence-electron chi connectivity index (χ4n) is 2.59. The van der Waals surface area contributed by atoms with Crippen LogP contribution in [-0.2, 0) is 23.9 Å². The molecule has 28 heavy (non-hydrogen) atoms. The maximum atomic E-state index is 14.5. The van der Waals surface area contributed by atoms with Gasteiger partial charge in [0.1, 0.15) is 5.82 Å². The molecule has 0 fully saturated rings. The molecule has 0 saturated carbocycles. The van der Waals surface area contributed by atoms with Gasteiger partial charge in [0.25, 0.3) is 0 Å². The van der Waals surface area contributed by atoms with Crippen molar-refractivity contribution < 1.29 is 26.8 Å². The van der Waals surface area contributed by atoms with Crippen LogP contribution in [0.25, 0.3) is 11.5 Å². The van der Waals surface area contributed by atoms with Crippen LogP contribution in [-0.4, -0.2) is 16.6 Å². The van der Waals surface area contributed by atoms with Crippen molar-refractivity contribution in [3.05, 3.63) is 65.3 Å². The van der Waals surface area contributed by atoms with Crippen LogP contribution in [0.4, 0.5) is 23.2 Å². The molecular weight excluding hydrogens is 378 g/mol. The number of hydrogen-bond acceptors (Lipinski definition) is 4. The number of nitrogens with zero attached hydrogens (tertiary/aromatic N) is 3. The lowest BCUT2D eigenvalue weighted by molar-refractivity contribution is -0.156. The Bertz CT molecular complexity index is 985. The summed E-state index contributed by atoms with van der Waals surface area (Å²) in [6.07, 6.45) is -3.40. The number of aryl methyl sites for hydroxylation is 1. The Balaban J connectivity index is 1.83. The lowest BCUT2D eigenvalue weighted by atomic mass is 10.1. The van der Waals surface area contributed by atoms with Crippen LogP contribution < -0.4 is 4.90 Å². The van der Waals surface area contributed by atoms with E-state index in [-0.39, 0.29) is 17.7 Å². The summed E-state index contributed by atoms with van der Waals surface area (Å²) in [5.41, 5.74) is 1.84. The van der Waals surface area contributed by atoms with Crippen molar-refractivity contribution in [3.63, 3.8) is 0 Å². The van der Waals surface area contributed by atoms with Crippen molar-refractivity contribution >= 4 is 12.1 Å². The average Bonchev–Trinajstić information content (AvgIpc) is 3.18. The normalized spacial score (nSPS) is 11.5. The van der Waals surface area contributed by atoms with Gasteiger partial charge in [-0.05, 0) is 36.2 Å². The molecule has 3 aromatic rings. The monoisotopic (exact) mass is 393 g/mol. The van der Waals surface area contributed by atoms with Crippen LogP contribution in [0.2, 0.25) is 0 Å². The van der Waals surface area contributed by atoms with Gasteiger partial charge in [-0.1, -0.05) is 25.1 Å². The van der Waals surface area contributed by atoms with E-state index >= 15 is 0 Å². The molecule has 3 rings (SSSR count). The molecule has 1 aromatic heterocycles. The van der Waals surface area contributed by atoms with Gasteiger partial charge >= 0.3 is 12.1 Å². The quantitative estimate of drug-likeness (QED) is 0.453. The fraction of sp³-hybridized carbons (Fsp3) is 0.211. The van der Waals surface area contributed by atoms with Crippen molar-refractivity contribution in [1.29, 1.82) is 0 Å². The standard InChI is InChI=1S/C19H15F4N3O2/c1-2-12-4-3-5-15(8-12)26(11-27)10-14-7-6-13(9-16(14)20)17-24-25-18(28-17)19(21,22)23/h3-9,11H,2,10H2,1H3. The van der Waals surface area contributed by atoms with Gasteiger partial charge in [-0.25, -0.2) is 4.39 Å². The first kappa shape index (κ1) is 19.5. The van der Waals surface area contributed by atoms with Crippen molar-refractivity contribution in [3.8, 4) is 11.5 Å². The number of rotatable bonds is 6. The van der Waals surface area contributed by atoms with Crippen LogP contribution in [0.1, 0.15) is 23.9 Å². The first-order valence-electron chi connectivity index (χ1n) is 8.32. The summed E-state index contributed by atoms with van der Waals surface area (Å²) in [6.45, 7) is 1.94. The van der Waals surface area contributed by atoms with Gasteiger partial charge in [-0.3, -0.25) is 4.79 Å². The predicted octanol–water partition coefficient (Wildman–Crippen LogP) is 4.62. The molecule has 1 amide bonds. The second-order valence-corrected chi connectivity index (χ2v) is 5.97. The summed E-state index contributed by atoms with van der Waals surface area (Å²) in [7, 11) is 0. The Morgan fingerprint density at radius 2 is 1.93 bits per heavy atom. The molecule has 146 valence electrons. The SMILES string of the molecule is CCc1cccc(N(C=O)Cc2ccc(-c3nnc(C(F)(F)F)o3)cc2F)c1. The maximum Gasteiger partial charge on any atom is 0.470 e. The number of benzene rings is 2. The highest BCUT2D eigenvalue weighted by atomic mass is 19.4. The minimum absolute atomic E-state index is 0.00915.